The van der Waals surface area contributed by atoms with Gasteiger partial charge in [-0.15, -0.1) is 0 Å². The fourth-order valence-corrected chi connectivity index (χ4v) is 2.55. The van der Waals surface area contributed by atoms with Crippen molar-refractivity contribution < 1.29 is 74.2 Å². The maximum atomic E-state index is 10.3. The molecule has 1 fully saturated rings. The van der Waals surface area contributed by atoms with Gasteiger partial charge in [0.05, 0.1) is 12.7 Å². The zero-order chi connectivity index (χ0) is 15.0. The van der Waals surface area contributed by atoms with Crippen LogP contribution in [-0.2, 0) is 15.0 Å². The van der Waals surface area contributed by atoms with Gasteiger partial charge in [0.1, 0.15) is 0 Å². The van der Waals surface area contributed by atoms with Gasteiger partial charge in [-0.2, -0.15) is 0 Å². The van der Waals surface area contributed by atoms with Crippen LogP contribution in [0, 0.1) is 5.92 Å². The molecule has 2 N–H and O–H groups in total. The maximum Gasteiger partial charge on any atom is 1.00 e. The first-order valence-corrected chi connectivity index (χ1v) is 8.46. The molecule has 1 rings (SSSR count). The predicted molar refractivity (Wildman–Crippen MR) is 74.0 cm³/mol. The molecule has 120 valence electrons. The molecule has 9 heteroatoms. The average molecular weight is 349 g/mol. The molecule has 0 radical (unpaired) electrons. The summed E-state index contributed by atoms with van der Waals surface area (Å²) in [6, 6.07) is 0. The summed E-state index contributed by atoms with van der Waals surface area (Å²) in [7, 11) is -4.50. The zero-order valence-electron chi connectivity index (χ0n) is 13.0. The Labute approximate surface area is 170 Å². The summed E-state index contributed by atoms with van der Waals surface area (Å²) < 4.78 is 37.8. The molecule has 0 aromatic carbocycles. The summed E-state index contributed by atoms with van der Waals surface area (Å²) in [5.74, 6) is 0.822. The molecular formula is C12H25KN2O5S. The SMILES string of the molecule is CC1CCN(CCCOCC(O)CNS(=O)(=O)[O-])CC1.[K+]. The molecule has 1 heterocycles. The molecule has 1 atom stereocenters. The van der Waals surface area contributed by atoms with Gasteiger partial charge in [-0.25, -0.2) is 13.1 Å². The third-order valence-electron chi connectivity index (χ3n) is 3.45. The Kier molecular flexibility index (Phi) is 12.6. The smallest absolute Gasteiger partial charge is 0.735 e. The van der Waals surface area contributed by atoms with Crippen LogP contribution in [0.5, 0.6) is 0 Å². The van der Waals surface area contributed by atoms with E-state index >= 15 is 0 Å². The number of hydrogen-bond donors (Lipinski definition) is 2. The zero-order valence-corrected chi connectivity index (χ0v) is 16.9. The summed E-state index contributed by atoms with van der Waals surface area (Å²) in [5.41, 5.74) is 0. The van der Waals surface area contributed by atoms with Gasteiger partial charge in [0.15, 0.2) is 10.3 Å². The van der Waals surface area contributed by atoms with Crippen LogP contribution < -0.4 is 56.1 Å². The van der Waals surface area contributed by atoms with Crippen LogP contribution in [0.3, 0.4) is 0 Å². The molecule has 0 bridgehead atoms. The van der Waals surface area contributed by atoms with Crippen LogP contribution >= 0.6 is 0 Å². The van der Waals surface area contributed by atoms with Crippen molar-refractivity contribution in [2.24, 2.45) is 5.92 Å². The Morgan fingerprint density at radius 1 is 1.43 bits per heavy atom. The Morgan fingerprint density at radius 2 is 2.05 bits per heavy atom. The molecule has 0 spiro atoms. The summed E-state index contributed by atoms with van der Waals surface area (Å²) >= 11 is 0. The maximum absolute atomic E-state index is 10.3. The number of piperidine rings is 1. The monoisotopic (exact) mass is 348 g/mol. The van der Waals surface area contributed by atoms with E-state index in [9.17, 15) is 18.1 Å². The molecule has 1 aliphatic rings. The minimum Gasteiger partial charge on any atom is -0.735 e. The minimum atomic E-state index is -4.50. The second-order valence-electron chi connectivity index (χ2n) is 5.41. The van der Waals surface area contributed by atoms with E-state index in [0.717, 1.165) is 32.0 Å². The van der Waals surface area contributed by atoms with E-state index < -0.39 is 16.4 Å². The normalized spacial score (nSPS) is 19.2. The van der Waals surface area contributed by atoms with E-state index in [2.05, 4.69) is 11.8 Å². The Hall–Kier alpha value is 1.39. The van der Waals surface area contributed by atoms with Gasteiger partial charge in [0.25, 0.3) is 0 Å². The van der Waals surface area contributed by atoms with Crippen LogP contribution in [0.1, 0.15) is 26.2 Å². The summed E-state index contributed by atoms with van der Waals surface area (Å²) in [4.78, 5) is 2.41. The quantitative estimate of drug-likeness (QED) is 0.255. The molecule has 0 amide bonds. The van der Waals surface area contributed by atoms with Gasteiger partial charge in [-0.05, 0) is 38.3 Å². The van der Waals surface area contributed by atoms with Crippen molar-refractivity contribution in [2.45, 2.75) is 32.3 Å². The summed E-state index contributed by atoms with van der Waals surface area (Å²) in [6.45, 7) is 5.76. The van der Waals surface area contributed by atoms with Gasteiger partial charge < -0.3 is 19.3 Å². The van der Waals surface area contributed by atoms with Crippen molar-refractivity contribution in [3.8, 4) is 0 Å². The molecule has 1 unspecified atom stereocenters. The molecule has 0 saturated carbocycles. The molecular weight excluding hydrogens is 323 g/mol. The number of rotatable bonds is 9. The van der Waals surface area contributed by atoms with Crippen molar-refractivity contribution in [3.05, 3.63) is 0 Å². The Balaban J connectivity index is 0.00000400. The Bertz CT molecular complexity index is 361. The molecule has 1 saturated heterocycles. The van der Waals surface area contributed by atoms with E-state index in [-0.39, 0.29) is 64.5 Å². The topological polar surface area (TPSA) is 102 Å². The second-order valence-corrected chi connectivity index (χ2v) is 6.61. The number of aliphatic hydroxyl groups is 1. The van der Waals surface area contributed by atoms with Gasteiger partial charge >= 0.3 is 51.4 Å². The van der Waals surface area contributed by atoms with Crippen molar-refractivity contribution in [3.63, 3.8) is 0 Å². The van der Waals surface area contributed by atoms with Crippen LogP contribution in [0.25, 0.3) is 0 Å². The minimum absolute atomic E-state index is 0. The predicted octanol–water partition coefficient (Wildman–Crippen LogP) is -3.46. The van der Waals surface area contributed by atoms with Gasteiger partial charge in [0, 0.05) is 19.7 Å². The van der Waals surface area contributed by atoms with E-state index in [4.69, 9.17) is 4.74 Å². The number of ether oxygens (including phenoxy) is 1. The first-order valence-electron chi connectivity index (χ1n) is 7.05. The van der Waals surface area contributed by atoms with Crippen LogP contribution in [-0.4, -0.2) is 68.5 Å². The van der Waals surface area contributed by atoms with Crippen molar-refractivity contribution in [1.82, 2.24) is 9.62 Å². The first kappa shape index (κ1) is 22.4. The van der Waals surface area contributed by atoms with Gasteiger partial charge in [-0.1, -0.05) is 6.92 Å². The standard InChI is InChI=1S/C12H26N2O5S.K/c1-11-3-6-14(7-4-11)5-2-8-19-10-12(15)9-13-20(16,17)18;/h11-13,15H,2-10H2,1H3,(H,16,17,18);/q;+1/p-1. The van der Waals surface area contributed by atoms with Crippen LogP contribution in [0.2, 0.25) is 0 Å². The summed E-state index contributed by atoms with van der Waals surface area (Å²) in [5, 5.41) is 9.39. The van der Waals surface area contributed by atoms with Crippen molar-refractivity contribution in [2.75, 3.05) is 39.4 Å². The summed E-state index contributed by atoms with van der Waals surface area (Å²) in [6.07, 6.45) is 2.38. The molecule has 0 aromatic heterocycles. The first-order chi connectivity index (χ1) is 9.37. The molecule has 0 aromatic rings. The fraction of sp³-hybridized carbons (Fsp3) is 1.00. The molecule has 7 nitrogen and oxygen atoms in total. The third-order valence-corrected chi connectivity index (χ3v) is 3.97. The number of likely N-dealkylation sites (tertiary alicyclic amines) is 1. The molecule has 0 aliphatic carbocycles. The van der Waals surface area contributed by atoms with E-state index in [0.29, 0.717) is 6.61 Å². The largest absolute Gasteiger partial charge is 1.00 e. The van der Waals surface area contributed by atoms with Crippen molar-refractivity contribution >= 4 is 10.3 Å². The molecule has 21 heavy (non-hydrogen) atoms. The fourth-order valence-electron chi connectivity index (χ4n) is 2.15. The number of hydrogen-bond acceptors (Lipinski definition) is 6. The third kappa shape index (κ3) is 12.5. The number of aliphatic hydroxyl groups excluding tert-OH is 1. The van der Waals surface area contributed by atoms with Crippen LogP contribution in [0.15, 0.2) is 0 Å². The molecule has 1 aliphatic heterocycles. The van der Waals surface area contributed by atoms with E-state index in [1.165, 1.54) is 12.8 Å². The number of nitrogens with one attached hydrogen (secondary N) is 1. The Morgan fingerprint density at radius 3 is 2.62 bits per heavy atom. The van der Waals surface area contributed by atoms with Crippen molar-refractivity contribution in [1.29, 1.82) is 0 Å². The van der Waals surface area contributed by atoms with Gasteiger partial charge in [-0.3, -0.25) is 0 Å². The van der Waals surface area contributed by atoms with Gasteiger partial charge in [0.2, 0.25) is 0 Å². The van der Waals surface area contributed by atoms with E-state index in [1.807, 2.05) is 0 Å². The average Bonchev–Trinajstić information content (AvgIpc) is 2.37. The number of nitrogens with zero attached hydrogens (tertiary/aromatic N) is 1. The van der Waals surface area contributed by atoms with Crippen LogP contribution in [0.4, 0.5) is 0 Å². The van der Waals surface area contributed by atoms with E-state index in [1.54, 1.807) is 4.72 Å². The second kappa shape index (κ2) is 11.9.